The number of carbonyl (C=O) groups is 1. The molecule has 0 radical (unpaired) electrons. The zero-order valence-corrected chi connectivity index (χ0v) is 22.6. The van der Waals surface area contributed by atoms with Crippen molar-refractivity contribution in [3.05, 3.63) is 76.3 Å². The topological polar surface area (TPSA) is 126 Å². The van der Waals surface area contributed by atoms with Gasteiger partial charge in [-0.2, -0.15) is 0 Å². The Morgan fingerprint density at radius 2 is 1.80 bits per heavy atom. The molecule has 0 amide bonds. The highest BCUT2D eigenvalue weighted by molar-refractivity contribution is 7.16. The van der Waals surface area contributed by atoms with E-state index in [1.54, 1.807) is 0 Å². The number of aromatic nitrogens is 3. The van der Waals surface area contributed by atoms with Gasteiger partial charge in [-0.05, 0) is 24.8 Å². The van der Waals surface area contributed by atoms with Crippen LogP contribution in [0.5, 0.6) is 0 Å². The number of morpholine rings is 1. The lowest BCUT2D eigenvalue weighted by molar-refractivity contribution is -0.119. The highest BCUT2D eigenvalue weighted by Gasteiger charge is 2.41. The molecule has 4 aromatic rings. The molecule has 3 aliphatic rings. The van der Waals surface area contributed by atoms with E-state index in [2.05, 4.69) is 20.4 Å². The first-order valence-electron chi connectivity index (χ1n) is 13.5. The van der Waals surface area contributed by atoms with Gasteiger partial charge in [-0.1, -0.05) is 71.0 Å². The second-order valence-electron chi connectivity index (χ2n) is 10.3. The molecule has 1 saturated carbocycles. The average molecular weight is 557 g/mol. The van der Waals surface area contributed by atoms with Crippen LogP contribution in [0.2, 0.25) is 0 Å². The molecule has 204 valence electrons. The minimum atomic E-state index is -0.907. The van der Waals surface area contributed by atoms with Crippen LogP contribution in [-0.4, -0.2) is 64.3 Å². The summed E-state index contributed by atoms with van der Waals surface area (Å²) in [5, 5.41) is 24.1. The van der Waals surface area contributed by atoms with E-state index in [4.69, 9.17) is 19.1 Å². The van der Waals surface area contributed by atoms with E-state index in [1.807, 2.05) is 54.6 Å². The number of Topliss-reactive ketones (excluding diaryl/α,β-unsaturated/α-hetero) is 1. The van der Waals surface area contributed by atoms with Gasteiger partial charge in [0, 0.05) is 30.6 Å². The number of benzene rings is 2. The van der Waals surface area contributed by atoms with Crippen LogP contribution >= 0.6 is 11.3 Å². The van der Waals surface area contributed by atoms with Crippen LogP contribution in [0.1, 0.15) is 41.0 Å². The predicted octanol–water partition coefficient (Wildman–Crippen LogP) is 3.80. The molecule has 0 spiro atoms. The number of thiazole rings is 1. The third-order valence-corrected chi connectivity index (χ3v) is 8.93. The third kappa shape index (κ3) is 4.59. The monoisotopic (exact) mass is 556 g/mol. The van der Waals surface area contributed by atoms with E-state index in [0.29, 0.717) is 49.8 Å². The van der Waals surface area contributed by atoms with Crippen LogP contribution in [0.3, 0.4) is 0 Å². The van der Waals surface area contributed by atoms with E-state index in [9.17, 15) is 9.90 Å². The van der Waals surface area contributed by atoms with E-state index in [0.717, 1.165) is 33.8 Å². The molecule has 0 unspecified atom stereocenters. The van der Waals surface area contributed by atoms with Crippen molar-refractivity contribution in [1.82, 2.24) is 15.2 Å². The molecule has 11 heteroatoms. The Morgan fingerprint density at radius 1 is 1.02 bits per heavy atom. The second-order valence-corrected chi connectivity index (χ2v) is 11.2. The van der Waals surface area contributed by atoms with Gasteiger partial charge in [0.2, 0.25) is 0 Å². The predicted molar refractivity (Wildman–Crippen MR) is 151 cm³/mol. The van der Waals surface area contributed by atoms with Gasteiger partial charge in [-0.25, -0.2) is 4.98 Å². The first-order valence-corrected chi connectivity index (χ1v) is 14.3. The third-order valence-electron chi connectivity index (χ3n) is 7.62. The molecule has 2 N–H and O–H groups in total. The van der Waals surface area contributed by atoms with Crippen molar-refractivity contribution in [2.75, 3.05) is 36.5 Å². The summed E-state index contributed by atoms with van der Waals surface area (Å²) in [7, 11) is 0. The van der Waals surface area contributed by atoms with Gasteiger partial charge < -0.3 is 24.5 Å². The van der Waals surface area contributed by atoms with Gasteiger partial charge in [-0.15, -0.1) is 5.10 Å². The van der Waals surface area contributed by atoms with E-state index in [-0.39, 0.29) is 24.1 Å². The molecular formula is C29H28N6O4S. The maximum Gasteiger partial charge on any atom is 0.317 e. The van der Waals surface area contributed by atoms with Gasteiger partial charge in [0.25, 0.3) is 5.89 Å². The van der Waals surface area contributed by atoms with E-state index >= 15 is 0 Å². The van der Waals surface area contributed by atoms with Crippen LogP contribution in [0.15, 0.2) is 64.0 Å². The van der Waals surface area contributed by atoms with Crippen LogP contribution in [-0.2, 0) is 21.6 Å². The fourth-order valence-corrected chi connectivity index (χ4v) is 6.51. The molecule has 2 fully saturated rings. The van der Waals surface area contributed by atoms with Crippen LogP contribution in [0.4, 0.5) is 11.0 Å². The molecule has 10 nitrogen and oxygen atoms in total. The number of hydrogen-bond acceptors (Lipinski definition) is 11. The summed E-state index contributed by atoms with van der Waals surface area (Å²) in [4.78, 5) is 25.2. The van der Waals surface area contributed by atoms with Crippen molar-refractivity contribution in [2.24, 2.45) is 4.99 Å². The van der Waals surface area contributed by atoms with Gasteiger partial charge in [-0.3, -0.25) is 9.79 Å². The molecule has 40 heavy (non-hydrogen) atoms. The molecule has 1 atom stereocenters. The minimum Gasteiger partial charge on any atom is -0.402 e. The molecule has 2 aromatic heterocycles. The van der Waals surface area contributed by atoms with Crippen molar-refractivity contribution >= 4 is 33.8 Å². The molecule has 1 aliphatic carbocycles. The standard InChI is InChI=1S/C29H28N6O4S/c36-21-17-19-9-4-5-10-20(19)22(18-7-2-1-3-8-18)30-24(21)32-28-34-33-25(39-28)23-26(35-13-15-38-16-14-35)40-27(31-23)29(37)11-6-12-29/h1-5,7-10,24,37H,6,11-17H2,(H,32,34)/t24-/m1/s1. The van der Waals surface area contributed by atoms with Crippen molar-refractivity contribution in [3.8, 4) is 11.6 Å². The summed E-state index contributed by atoms with van der Waals surface area (Å²) >= 11 is 1.47. The quantitative estimate of drug-likeness (QED) is 0.365. The number of rotatable bonds is 6. The lowest BCUT2D eigenvalue weighted by Gasteiger charge is -2.34. The summed E-state index contributed by atoms with van der Waals surface area (Å²) in [6.45, 7) is 2.64. The Morgan fingerprint density at radius 3 is 2.58 bits per heavy atom. The number of nitrogens with zero attached hydrogens (tertiary/aromatic N) is 5. The fourth-order valence-electron chi connectivity index (χ4n) is 5.25. The molecule has 2 aromatic carbocycles. The number of carbonyl (C=O) groups excluding carboxylic acids is 1. The number of fused-ring (bicyclic) bond motifs is 1. The maximum absolute atomic E-state index is 13.3. The maximum atomic E-state index is 13.3. The summed E-state index contributed by atoms with van der Waals surface area (Å²) in [5.74, 6) is 0.126. The molecule has 4 heterocycles. The highest BCUT2D eigenvalue weighted by Crippen LogP contribution is 2.47. The molecule has 2 aliphatic heterocycles. The van der Waals surface area contributed by atoms with E-state index in [1.165, 1.54) is 11.3 Å². The number of ether oxygens (including phenoxy) is 1. The molecule has 1 saturated heterocycles. The highest BCUT2D eigenvalue weighted by atomic mass is 32.1. The fraction of sp³-hybridized carbons (Fsp3) is 0.345. The van der Waals surface area contributed by atoms with Crippen LogP contribution in [0.25, 0.3) is 11.6 Å². The Hall–Kier alpha value is -3.93. The number of nitrogens with one attached hydrogen (secondary N) is 1. The number of aliphatic hydroxyl groups is 1. The van der Waals surface area contributed by atoms with Crippen LogP contribution in [0, 0.1) is 0 Å². The number of hydrogen-bond donors (Lipinski definition) is 2. The molecule has 7 rings (SSSR count). The lowest BCUT2D eigenvalue weighted by Crippen LogP contribution is -2.36. The van der Waals surface area contributed by atoms with Crippen molar-refractivity contribution in [2.45, 2.75) is 37.5 Å². The van der Waals surface area contributed by atoms with Gasteiger partial charge in [0.15, 0.2) is 17.6 Å². The average Bonchev–Trinajstić information content (AvgIpc) is 3.60. The summed E-state index contributed by atoms with van der Waals surface area (Å²) in [6, 6.07) is 17.7. The lowest BCUT2D eigenvalue weighted by atomic mass is 9.81. The van der Waals surface area contributed by atoms with Gasteiger partial charge >= 0.3 is 6.01 Å². The Balaban J connectivity index is 1.21. The number of ketones is 1. The Labute approximate surface area is 234 Å². The van der Waals surface area contributed by atoms with E-state index < -0.39 is 11.8 Å². The minimum absolute atomic E-state index is 0.0836. The summed E-state index contributed by atoms with van der Waals surface area (Å²) < 4.78 is 11.6. The summed E-state index contributed by atoms with van der Waals surface area (Å²) in [5.41, 5.74) is 3.13. The Bertz CT molecular complexity index is 1570. The second kappa shape index (κ2) is 10.2. The first-order chi connectivity index (χ1) is 19.6. The van der Waals surface area contributed by atoms with Gasteiger partial charge in [0.05, 0.1) is 18.9 Å². The van der Waals surface area contributed by atoms with Crippen molar-refractivity contribution in [1.29, 1.82) is 0 Å². The smallest absolute Gasteiger partial charge is 0.317 e. The SMILES string of the molecule is O=C1Cc2ccccc2C(c2ccccc2)=N[C@@H]1Nc1nnc(-c2nc(C3(O)CCC3)sc2N2CCOCC2)o1. The van der Waals surface area contributed by atoms with Crippen molar-refractivity contribution < 1.29 is 19.1 Å². The molecular weight excluding hydrogens is 528 g/mol. The Kier molecular flexibility index (Phi) is 6.41. The normalized spacial score (nSPS) is 20.3. The number of aliphatic imine (C=N–C) groups is 1. The number of anilines is 2. The largest absolute Gasteiger partial charge is 0.402 e. The van der Waals surface area contributed by atoms with Crippen LogP contribution < -0.4 is 10.2 Å². The molecule has 0 bridgehead atoms. The van der Waals surface area contributed by atoms with Gasteiger partial charge in [0.1, 0.15) is 15.6 Å². The first kappa shape index (κ1) is 25.1. The summed E-state index contributed by atoms with van der Waals surface area (Å²) in [6.07, 6.45) is 1.66. The zero-order chi connectivity index (χ0) is 27.1. The van der Waals surface area contributed by atoms with Crippen molar-refractivity contribution in [3.63, 3.8) is 0 Å². The zero-order valence-electron chi connectivity index (χ0n) is 21.7.